The van der Waals surface area contributed by atoms with Gasteiger partial charge in [0.15, 0.2) is 0 Å². The maximum absolute atomic E-state index is 12.8. The van der Waals surface area contributed by atoms with E-state index >= 15 is 0 Å². The smallest absolute Gasteiger partial charge is 0.228 e. The quantitative estimate of drug-likeness (QED) is 0.867. The van der Waals surface area contributed by atoms with Crippen molar-refractivity contribution in [2.75, 3.05) is 11.9 Å². The first-order chi connectivity index (χ1) is 10.9. The van der Waals surface area contributed by atoms with Gasteiger partial charge in [0.2, 0.25) is 5.91 Å². The van der Waals surface area contributed by atoms with Gasteiger partial charge in [-0.15, -0.1) is 11.3 Å². The van der Waals surface area contributed by atoms with Crippen LogP contribution < -0.4 is 11.1 Å². The molecule has 1 fully saturated rings. The Morgan fingerprint density at radius 3 is 2.83 bits per heavy atom. The number of carbonyl (C=O) groups is 1. The van der Waals surface area contributed by atoms with Crippen molar-refractivity contribution in [1.82, 2.24) is 0 Å². The molecule has 23 heavy (non-hydrogen) atoms. The van der Waals surface area contributed by atoms with Crippen LogP contribution in [0, 0.1) is 24.2 Å². The highest BCUT2D eigenvalue weighted by Gasteiger charge is 2.32. The SMILES string of the molecule is Cc1c(NC(=O)C2CCCCC2CN)sc2c1CC(C)(C)CC2. The molecule has 1 aromatic heterocycles. The van der Waals surface area contributed by atoms with Crippen LogP contribution >= 0.6 is 11.3 Å². The largest absolute Gasteiger partial charge is 0.330 e. The highest BCUT2D eigenvalue weighted by molar-refractivity contribution is 7.16. The minimum atomic E-state index is 0.101. The van der Waals surface area contributed by atoms with Crippen molar-refractivity contribution in [3.8, 4) is 0 Å². The van der Waals surface area contributed by atoms with Gasteiger partial charge in [-0.05, 0) is 68.0 Å². The van der Waals surface area contributed by atoms with Gasteiger partial charge >= 0.3 is 0 Å². The molecule has 2 unspecified atom stereocenters. The number of hydrogen-bond donors (Lipinski definition) is 2. The number of thiophene rings is 1. The lowest BCUT2D eigenvalue weighted by Crippen LogP contribution is -2.35. The molecule has 1 aromatic rings. The van der Waals surface area contributed by atoms with Gasteiger partial charge in [-0.25, -0.2) is 0 Å². The fraction of sp³-hybridized carbons (Fsp3) is 0.737. The Hall–Kier alpha value is -0.870. The van der Waals surface area contributed by atoms with E-state index < -0.39 is 0 Å². The van der Waals surface area contributed by atoms with Crippen molar-refractivity contribution < 1.29 is 4.79 Å². The summed E-state index contributed by atoms with van der Waals surface area (Å²) < 4.78 is 0. The second-order valence-corrected chi connectivity index (χ2v) is 9.28. The van der Waals surface area contributed by atoms with Gasteiger partial charge in [0.05, 0.1) is 5.00 Å². The lowest BCUT2D eigenvalue weighted by atomic mass is 9.76. The van der Waals surface area contributed by atoms with Crippen molar-refractivity contribution in [1.29, 1.82) is 0 Å². The molecule has 1 saturated carbocycles. The Morgan fingerprint density at radius 2 is 2.09 bits per heavy atom. The summed E-state index contributed by atoms with van der Waals surface area (Å²) in [6, 6.07) is 0. The fourth-order valence-electron chi connectivity index (χ4n) is 4.22. The van der Waals surface area contributed by atoms with Crippen LogP contribution in [0.1, 0.15) is 62.0 Å². The highest BCUT2D eigenvalue weighted by Crippen LogP contribution is 2.43. The maximum Gasteiger partial charge on any atom is 0.228 e. The Morgan fingerprint density at radius 1 is 1.35 bits per heavy atom. The molecule has 2 atom stereocenters. The number of amides is 1. The van der Waals surface area contributed by atoms with Gasteiger partial charge in [-0.3, -0.25) is 4.79 Å². The summed E-state index contributed by atoms with van der Waals surface area (Å²) in [5, 5.41) is 4.34. The Kier molecular flexibility index (Phi) is 4.84. The Labute approximate surface area is 144 Å². The van der Waals surface area contributed by atoms with Gasteiger partial charge in [-0.1, -0.05) is 26.7 Å². The molecule has 1 heterocycles. The maximum atomic E-state index is 12.8. The molecule has 128 valence electrons. The van der Waals surface area contributed by atoms with Crippen LogP contribution in [0.15, 0.2) is 0 Å². The first kappa shape index (κ1) is 17.0. The number of anilines is 1. The molecular weight excluding hydrogens is 304 g/mol. The molecule has 2 aliphatic carbocycles. The number of nitrogens with two attached hydrogens (primary N) is 1. The van der Waals surface area contributed by atoms with Crippen LogP contribution in [0.25, 0.3) is 0 Å². The van der Waals surface area contributed by atoms with Crippen LogP contribution in [0.4, 0.5) is 5.00 Å². The molecule has 0 bridgehead atoms. The zero-order valence-electron chi connectivity index (χ0n) is 14.7. The Bertz CT molecular complexity index is 590. The third-order valence-electron chi connectivity index (χ3n) is 5.82. The van der Waals surface area contributed by atoms with Crippen LogP contribution in [0.3, 0.4) is 0 Å². The van der Waals surface area contributed by atoms with Crippen molar-refractivity contribution >= 4 is 22.2 Å². The summed E-state index contributed by atoms with van der Waals surface area (Å²) in [4.78, 5) is 14.3. The van der Waals surface area contributed by atoms with Crippen molar-refractivity contribution in [3.63, 3.8) is 0 Å². The van der Waals surface area contributed by atoms with E-state index in [9.17, 15) is 4.79 Å². The van der Waals surface area contributed by atoms with Gasteiger partial charge in [0.25, 0.3) is 0 Å². The van der Waals surface area contributed by atoms with E-state index in [2.05, 4.69) is 26.1 Å². The summed E-state index contributed by atoms with van der Waals surface area (Å²) in [7, 11) is 0. The normalized spacial score (nSPS) is 26.6. The van der Waals surface area contributed by atoms with Gasteiger partial charge < -0.3 is 11.1 Å². The highest BCUT2D eigenvalue weighted by atomic mass is 32.1. The van der Waals surface area contributed by atoms with Crippen molar-refractivity contribution in [2.24, 2.45) is 23.0 Å². The predicted octanol–water partition coefficient (Wildman–Crippen LogP) is 4.28. The second-order valence-electron chi connectivity index (χ2n) is 8.17. The van der Waals surface area contributed by atoms with E-state index in [1.807, 2.05) is 0 Å². The second kappa shape index (κ2) is 6.56. The van der Waals surface area contributed by atoms with Gasteiger partial charge in [0, 0.05) is 10.8 Å². The molecule has 3 nitrogen and oxygen atoms in total. The van der Waals surface area contributed by atoms with Crippen LogP contribution in [-0.2, 0) is 17.6 Å². The lowest BCUT2D eigenvalue weighted by molar-refractivity contribution is -0.122. The molecule has 4 heteroatoms. The minimum absolute atomic E-state index is 0.101. The van der Waals surface area contributed by atoms with E-state index in [0.717, 1.165) is 37.1 Å². The minimum Gasteiger partial charge on any atom is -0.330 e. The molecule has 1 amide bonds. The number of rotatable bonds is 3. The molecule has 0 spiro atoms. The molecule has 0 aliphatic heterocycles. The average Bonchev–Trinajstić information content (AvgIpc) is 2.82. The van der Waals surface area contributed by atoms with E-state index in [1.54, 1.807) is 11.3 Å². The molecule has 0 radical (unpaired) electrons. The van der Waals surface area contributed by atoms with E-state index in [1.165, 1.54) is 28.8 Å². The Balaban J connectivity index is 1.76. The lowest BCUT2D eigenvalue weighted by Gasteiger charge is -2.30. The van der Waals surface area contributed by atoms with Crippen LogP contribution in [0.2, 0.25) is 0 Å². The number of nitrogens with one attached hydrogen (secondary N) is 1. The topological polar surface area (TPSA) is 55.1 Å². The van der Waals surface area contributed by atoms with Gasteiger partial charge in [0.1, 0.15) is 0 Å². The van der Waals surface area contributed by atoms with E-state index in [0.29, 0.717) is 17.9 Å². The summed E-state index contributed by atoms with van der Waals surface area (Å²) >= 11 is 1.80. The number of aryl methyl sites for hydroxylation is 1. The third kappa shape index (κ3) is 3.48. The first-order valence-electron chi connectivity index (χ1n) is 9.03. The van der Waals surface area contributed by atoms with Crippen LogP contribution in [-0.4, -0.2) is 12.5 Å². The molecular formula is C19H30N2OS. The molecule has 0 saturated heterocycles. The fourth-order valence-corrected chi connectivity index (χ4v) is 5.45. The number of fused-ring (bicyclic) bond motifs is 1. The summed E-state index contributed by atoms with van der Waals surface area (Å²) in [6.07, 6.45) is 7.99. The molecule has 2 aliphatic rings. The van der Waals surface area contributed by atoms with Gasteiger partial charge in [-0.2, -0.15) is 0 Å². The number of carbonyl (C=O) groups excluding carboxylic acids is 1. The van der Waals surface area contributed by atoms with Crippen LogP contribution in [0.5, 0.6) is 0 Å². The molecule has 3 N–H and O–H groups in total. The van der Waals surface area contributed by atoms with Crippen molar-refractivity contribution in [2.45, 2.75) is 65.7 Å². The number of hydrogen-bond acceptors (Lipinski definition) is 3. The average molecular weight is 335 g/mol. The predicted molar refractivity (Wildman–Crippen MR) is 98.0 cm³/mol. The monoisotopic (exact) mass is 334 g/mol. The zero-order valence-corrected chi connectivity index (χ0v) is 15.5. The van der Waals surface area contributed by atoms with Crippen molar-refractivity contribution in [3.05, 3.63) is 16.0 Å². The molecule has 0 aromatic carbocycles. The standard InChI is InChI=1S/C19H30N2OS/c1-12-15-10-19(2,3)9-8-16(15)23-18(12)21-17(22)14-7-5-4-6-13(14)11-20/h13-14H,4-11,20H2,1-3H3,(H,21,22). The van der Waals surface area contributed by atoms with E-state index in [4.69, 9.17) is 5.73 Å². The first-order valence-corrected chi connectivity index (χ1v) is 9.85. The molecule has 3 rings (SSSR count). The van der Waals surface area contributed by atoms with E-state index in [-0.39, 0.29) is 11.8 Å². The zero-order chi connectivity index (χ0) is 16.6. The summed E-state index contributed by atoms with van der Waals surface area (Å²) in [5.74, 6) is 0.655. The summed E-state index contributed by atoms with van der Waals surface area (Å²) in [5.41, 5.74) is 9.05. The third-order valence-corrected chi connectivity index (χ3v) is 7.13. The summed E-state index contributed by atoms with van der Waals surface area (Å²) in [6.45, 7) is 7.50.